The number of fused-ring (bicyclic) bond motifs is 1. The maximum atomic E-state index is 9.17. The molecule has 4 nitrogen and oxygen atoms in total. The van der Waals surface area contributed by atoms with Crippen LogP contribution in [-0.2, 0) is 0 Å². The fraction of sp³-hybridized carbons (Fsp3) is 1.00. The molecule has 0 bridgehead atoms. The first kappa shape index (κ1) is 15.2. The minimum atomic E-state index is -0.399. The molecule has 0 amide bonds. The van der Waals surface area contributed by atoms with Crippen LogP contribution in [0.5, 0.6) is 0 Å². The first-order valence-electron chi connectivity index (χ1n) is 7.84. The van der Waals surface area contributed by atoms with E-state index in [1.165, 1.54) is 38.9 Å². The van der Waals surface area contributed by atoms with Crippen molar-refractivity contribution in [3.8, 4) is 0 Å². The van der Waals surface area contributed by atoms with E-state index in [-0.39, 0.29) is 6.61 Å². The Hall–Kier alpha value is -0.160. The molecule has 2 heterocycles. The van der Waals surface area contributed by atoms with Gasteiger partial charge in [-0.15, -0.1) is 0 Å². The van der Waals surface area contributed by atoms with E-state index in [0.29, 0.717) is 0 Å². The molecule has 3 unspecified atom stereocenters. The highest BCUT2D eigenvalue weighted by atomic mass is 16.3. The van der Waals surface area contributed by atoms with Crippen molar-refractivity contribution < 1.29 is 5.11 Å². The fourth-order valence-corrected chi connectivity index (χ4v) is 3.72. The predicted octanol–water partition coefficient (Wildman–Crippen LogP) is 0.892. The Morgan fingerprint density at radius 3 is 2.84 bits per heavy atom. The lowest BCUT2D eigenvalue weighted by Crippen LogP contribution is -2.52. The SMILES string of the molecule is CN1CCCC2CN(CCCC(C)(N)CO)CCC21. The van der Waals surface area contributed by atoms with Crippen molar-refractivity contribution in [2.24, 2.45) is 11.7 Å². The van der Waals surface area contributed by atoms with Gasteiger partial charge in [0.25, 0.3) is 0 Å². The molecule has 0 spiro atoms. The van der Waals surface area contributed by atoms with Gasteiger partial charge in [-0.2, -0.15) is 0 Å². The van der Waals surface area contributed by atoms with Crippen LogP contribution in [0.4, 0.5) is 0 Å². The van der Waals surface area contributed by atoms with E-state index in [0.717, 1.165) is 31.3 Å². The molecular formula is C15H31N3O. The van der Waals surface area contributed by atoms with Gasteiger partial charge < -0.3 is 20.6 Å². The van der Waals surface area contributed by atoms with Gasteiger partial charge in [-0.25, -0.2) is 0 Å². The Bertz CT molecular complexity index is 283. The van der Waals surface area contributed by atoms with Crippen LogP contribution in [0.3, 0.4) is 0 Å². The van der Waals surface area contributed by atoms with Crippen LogP contribution in [0.25, 0.3) is 0 Å². The van der Waals surface area contributed by atoms with Crippen molar-refractivity contribution in [3.05, 3.63) is 0 Å². The number of aliphatic hydroxyl groups excluding tert-OH is 1. The zero-order valence-electron chi connectivity index (χ0n) is 12.6. The molecule has 2 fully saturated rings. The summed E-state index contributed by atoms with van der Waals surface area (Å²) in [6.07, 6.45) is 6.09. The summed E-state index contributed by atoms with van der Waals surface area (Å²) in [5.74, 6) is 0.870. The third kappa shape index (κ3) is 4.15. The lowest BCUT2D eigenvalue weighted by molar-refractivity contribution is 0.0371. The third-order valence-electron chi connectivity index (χ3n) is 5.01. The fourth-order valence-electron chi connectivity index (χ4n) is 3.72. The van der Waals surface area contributed by atoms with Gasteiger partial charge in [0.05, 0.1) is 6.61 Å². The summed E-state index contributed by atoms with van der Waals surface area (Å²) in [4.78, 5) is 5.17. The van der Waals surface area contributed by atoms with Crippen molar-refractivity contribution in [3.63, 3.8) is 0 Å². The lowest BCUT2D eigenvalue weighted by atomic mass is 9.84. The second kappa shape index (κ2) is 6.53. The molecular weight excluding hydrogens is 238 g/mol. The van der Waals surface area contributed by atoms with Gasteiger partial charge in [-0.3, -0.25) is 0 Å². The largest absolute Gasteiger partial charge is 0.394 e. The van der Waals surface area contributed by atoms with E-state index in [9.17, 15) is 5.11 Å². The van der Waals surface area contributed by atoms with Gasteiger partial charge in [0.1, 0.15) is 0 Å². The maximum absolute atomic E-state index is 9.17. The molecule has 2 aliphatic rings. The first-order valence-corrected chi connectivity index (χ1v) is 7.84. The number of hydrogen-bond acceptors (Lipinski definition) is 4. The molecule has 2 aliphatic heterocycles. The number of piperidine rings is 2. The van der Waals surface area contributed by atoms with Crippen LogP contribution in [-0.4, -0.2) is 66.3 Å². The van der Waals surface area contributed by atoms with Crippen LogP contribution < -0.4 is 5.73 Å². The Balaban J connectivity index is 1.72. The zero-order valence-corrected chi connectivity index (χ0v) is 12.6. The van der Waals surface area contributed by atoms with Crippen molar-refractivity contribution in [2.45, 2.75) is 50.6 Å². The van der Waals surface area contributed by atoms with Crippen molar-refractivity contribution in [1.29, 1.82) is 0 Å². The topological polar surface area (TPSA) is 52.7 Å². The van der Waals surface area contributed by atoms with Crippen LogP contribution in [0, 0.1) is 5.92 Å². The molecule has 19 heavy (non-hydrogen) atoms. The van der Waals surface area contributed by atoms with Crippen LogP contribution in [0.2, 0.25) is 0 Å². The Morgan fingerprint density at radius 2 is 2.11 bits per heavy atom. The van der Waals surface area contributed by atoms with Gasteiger partial charge in [0, 0.05) is 18.1 Å². The standard InChI is InChI=1S/C15H31N3O/c1-15(16,12-19)7-4-9-18-10-6-14-13(11-18)5-3-8-17(14)2/h13-14,19H,3-12,16H2,1-2H3. The molecule has 0 radical (unpaired) electrons. The minimum absolute atomic E-state index is 0.0858. The molecule has 0 aromatic carbocycles. The predicted molar refractivity (Wildman–Crippen MR) is 79.1 cm³/mol. The van der Waals surface area contributed by atoms with Crippen molar-refractivity contribution in [1.82, 2.24) is 9.80 Å². The second-order valence-electron chi connectivity index (χ2n) is 6.96. The third-order valence-corrected chi connectivity index (χ3v) is 5.01. The van der Waals surface area contributed by atoms with E-state index >= 15 is 0 Å². The zero-order chi connectivity index (χ0) is 13.9. The van der Waals surface area contributed by atoms with Crippen LogP contribution in [0.15, 0.2) is 0 Å². The van der Waals surface area contributed by atoms with E-state index in [1.807, 2.05) is 6.92 Å². The lowest BCUT2D eigenvalue weighted by Gasteiger charge is -2.46. The summed E-state index contributed by atoms with van der Waals surface area (Å²) < 4.78 is 0. The summed E-state index contributed by atoms with van der Waals surface area (Å²) in [5, 5.41) is 9.17. The molecule has 0 aromatic rings. The summed E-state index contributed by atoms with van der Waals surface area (Å²) in [6.45, 7) is 6.93. The smallest absolute Gasteiger partial charge is 0.0608 e. The van der Waals surface area contributed by atoms with E-state index in [1.54, 1.807) is 0 Å². The van der Waals surface area contributed by atoms with Crippen molar-refractivity contribution >= 4 is 0 Å². The Kier molecular flexibility index (Phi) is 5.23. The number of nitrogens with zero attached hydrogens (tertiary/aromatic N) is 2. The van der Waals surface area contributed by atoms with Gasteiger partial charge in [-0.1, -0.05) is 0 Å². The molecule has 2 saturated heterocycles. The normalized spacial score (nSPS) is 32.8. The summed E-state index contributed by atoms with van der Waals surface area (Å²) in [5.41, 5.74) is 5.58. The number of nitrogens with two attached hydrogens (primary N) is 1. The molecule has 3 N–H and O–H groups in total. The van der Waals surface area contributed by atoms with E-state index in [4.69, 9.17) is 5.73 Å². The summed E-state index contributed by atoms with van der Waals surface area (Å²) >= 11 is 0. The Morgan fingerprint density at radius 1 is 1.32 bits per heavy atom. The summed E-state index contributed by atoms with van der Waals surface area (Å²) in [7, 11) is 2.29. The average Bonchev–Trinajstić information content (AvgIpc) is 2.39. The molecule has 0 aromatic heterocycles. The first-order chi connectivity index (χ1) is 9.02. The van der Waals surface area contributed by atoms with Crippen LogP contribution in [0.1, 0.15) is 39.0 Å². The molecule has 3 atom stereocenters. The molecule has 0 saturated carbocycles. The number of aliphatic hydroxyl groups is 1. The second-order valence-corrected chi connectivity index (χ2v) is 6.96. The van der Waals surface area contributed by atoms with Gasteiger partial charge >= 0.3 is 0 Å². The number of likely N-dealkylation sites (tertiary alicyclic amines) is 2. The number of hydrogen-bond donors (Lipinski definition) is 2. The van der Waals surface area contributed by atoms with E-state index in [2.05, 4.69) is 16.8 Å². The van der Waals surface area contributed by atoms with Gasteiger partial charge in [0.2, 0.25) is 0 Å². The highest BCUT2D eigenvalue weighted by Crippen LogP contribution is 2.29. The monoisotopic (exact) mass is 269 g/mol. The molecule has 2 rings (SSSR count). The van der Waals surface area contributed by atoms with Gasteiger partial charge in [-0.05, 0) is 71.6 Å². The van der Waals surface area contributed by atoms with Crippen molar-refractivity contribution in [2.75, 3.05) is 39.8 Å². The molecule has 112 valence electrons. The van der Waals surface area contributed by atoms with Gasteiger partial charge in [0.15, 0.2) is 0 Å². The highest BCUT2D eigenvalue weighted by molar-refractivity contribution is 4.89. The maximum Gasteiger partial charge on any atom is 0.0608 e. The number of rotatable bonds is 5. The van der Waals surface area contributed by atoms with E-state index < -0.39 is 5.54 Å². The summed E-state index contributed by atoms with van der Waals surface area (Å²) in [6, 6.07) is 0.821. The van der Waals surface area contributed by atoms with Crippen LogP contribution >= 0.6 is 0 Å². The minimum Gasteiger partial charge on any atom is -0.394 e. The quantitative estimate of drug-likeness (QED) is 0.778. The average molecular weight is 269 g/mol. The molecule has 4 heteroatoms. The highest BCUT2D eigenvalue weighted by Gasteiger charge is 2.33. The molecule has 0 aliphatic carbocycles. The Labute approximate surface area is 117 Å².